The third-order valence-corrected chi connectivity index (χ3v) is 17.7. The van der Waals surface area contributed by atoms with E-state index in [1.165, 1.54) is 6.92 Å². The highest BCUT2D eigenvalue weighted by Crippen LogP contribution is 2.72. The number of aliphatic hydroxyl groups excluding tert-OH is 9. The lowest BCUT2D eigenvalue weighted by Gasteiger charge is -2.65. The van der Waals surface area contributed by atoms with Crippen molar-refractivity contribution >= 4 is 0 Å². The normalized spacial score (nSPS) is 60.4. The smallest absolute Gasteiger partial charge is 0.204 e. The van der Waals surface area contributed by atoms with Crippen LogP contribution in [0, 0.1) is 52.3 Å². The molecule has 4 aliphatic carbocycles. The molecule has 0 radical (unpaired) electrons. The number of aliphatic hydroxyl groups is 9. The Morgan fingerprint density at radius 1 is 0.717 bits per heavy atom. The van der Waals surface area contributed by atoms with E-state index in [0.717, 1.165) is 44.1 Å². The fourth-order valence-electron chi connectivity index (χ4n) is 14.4. The second-order valence-corrected chi connectivity index (χ2v) is 20.9. The molecule has 3 saturated carbocycles. The van der Waals surface area contributed by atoms with E-state index in [1.807, 2.05) is 0 Å². The van der Waals surface area contributed by atoms with Gasteiger partial charge in [-0.15, -0.1) is 0 Å². The Labute approximate surface area is 352 Å². The Hall–Kier alpha value is -0.900. The highest BCUT2D eigenvalue weighted by atomic mass is 16.8. The predicted molar refractivity (Wildman–Crippen MR) is 208 cm³/mol. The van der Waals surface area contributed by atoms with Gasteiger partial charge in [0, 0.05) is 18.3 Å². The maximum Gasteiger partial charge on any atom is 0.204 e. The molecule has 26 atom stereocenters. The molecule has 9 N–H and O–H groups in total. The van der Waals surface area contributed by atoms with Crippen LogP contribution in [-0.4, -0.2) is 163 Å². The fourth-order valence-corrected chi connectivity index (χ4v) is 14.4. The fraction of sp³-hybridized carbons (Fsp3) is 0.955. The summed E-state index contributed by atoms with van der Waals surface area (Å²) in [4.78, 5) is 0. The van der Waals surface area contributed by atoms with Crippen LogP contribution in [-0.2, 0) is 33.2 Å². The van der Waals surface area contributed by atoms with Gasteiger partial charge in [0.15, 0.2) is 18.4 Å². The number of hydrogen-bond acceptors (Lipinski definition) is 16. The van der Waals surface area contributed by atoms with Crippen molar-refractivity contribution < 1.29 is 79.1 Å². The summed E-state index contributed by atoms with van der Waals surface area (Å²) in [7, 11) is 0. The Kier molecular flexibility index (Phi) is 11.5. The first kappa shape index (κ1) is 44.3. The van der Waals surface area contributed by atoms with Crippen LogP contribution in [0.2, 0.25) is 0 Å². The van der Waals surface area contributed by atoms with Crippen LogP contribution in [0.15, 0.2) is 11.6 Å². The van der Waals surface area contributed by atoms with Crippen LogP contribution in [0.5, 0.6) is 0 Å². The van der Waals surface area contributed by atoms with Gasteiger partial charge in [0.05, 0.1) is 37.6 Å². The summed E-state index contributed by atoms with van der Waals surface area (Å²) in [5.41, 5.74) is 0.145. The van der Waals surface area contributed by atoms with Crippen molar-refractivity contribution in [2.75, 3.05) is 13.2 Å². The third-order valence-electron chi connectivity index (χ3n) is 17.7. The van der Waals surface area contributed by atoms with E-state index in [9.17, 15) is 46.0 Å². The molecule has 342 valence electrons. The van der Waals surface area contributed by atoms with Crippen molar-refractivity contribution in [2.45, 2.75) is 196 Å². The van der Waals surface area contributed by atoms with Gasteiger partial charge in [0.2, 0.25) is 5.79 Å². The Morgan fingerprint density at radius 3 is 2.15 bits per heavy atom. The minimum atomic E-state index is -2.19. The van der Waals surface area contributed by atoms with Gasteiger partial charge in [0.25, 0.3) is 0 Å². The largest absolute Gasteiger partial charge is 0.393 e. The molecule has 5 saturated heterocycles. The molecule has 8 fully saturated rings. The highest BCUT2D eigenvalue weighted by molar-refractivity contribution is 5.30. The number of allylic oxidation sites excluding steroid dienone is 1. The Bertz CT molecular complexity index is 1610. The van der Waals surface area contributed by atoms with Gasteiger partial charge in [-0.1, -0.05) is 39.3 Å². The molecule has 5 heterocycles. The van der Waals surface area contributed by atoms with E-state index in [2.05, 4.69) is 33.8 Å². The summed E-state index contributed by atoms with van der Waals surface area (Å²) < 4.78 is 45.5. The van der Waals surface area contributed by atoms with Gasteiger partial charge in [-0.3, -0.25) is 0 Å². The van der Waals surface area contributed by atoms with Crippen molar-refractivity contribution in [3.8, 4) is 0 Å². The molecule has 0 aromatic heterocycles. The van der Waals surface area contributed by atoms with Gasteiger partial charge < -0.3 is 79.1 Å². The third kappa shape index (κ3) is 6.51. The van der Waals surface area contributed by atoms with Gasteiger partial charge in [-0.05, 0) is 99.2 Å². The molecule has 5 aliphatic heterocycles. The highest BCUT2D eigenvalue weighted by Gasteiger charge is 2.73. The summed E-state index contributed by atoms with van der Waals surface area (Å²) in [5, 5.41) is 101. The van der Waals surface area contributed by atoms with Gasteiger partial charge in [-0.25, -0.2) is 0 Å². The van der Waals surface area contributed by atoms with Crippen molar-refractivity contribution in [3.63, 3.8) is 0 Å². The molecule has 0 unspecified atom stereocenters. The molecule has 0 amide bonds. The van der Waals surface area contributed by atoms with Crippen molar-refractivity contribution in [2.24, 2.45) is 52.3 Å². The zero-order chi connectivity index (χ0) is 43.0. The number of ether oxygens (including phenoxy) is 7. The Morgan fingerprint density at radius 2 is 1.43 bits per heavy atom. The van der Waals surface area contributed by atoms with Crippen LogP contribution < -0.4 is 0 Å². The predicted octanol–water partition coefficient (Wildman–Crippen LogP) is 0.445. The lowest BCUT2D eigenvalue weighted by atomic mass is 9.43. The van der Waals surface area contributed by atoms with E-state index in [1.54, 1.807) is 6.92 Å². The zero-order valence-electron chi connectivity index (χ0n) is 35.7. The lowest BCUT2D eigenvalue weighted by molar-refractivity contribution is -0.456. The molecule has 1 spiro atoms. The van der Waals surface area contributed by atoms with Crippen molar-refractivity contribution in [3.05, 3.63) is 11.6 Å². The zero-order valence-corrected chi connectivity index (χ0v) is 35.7. The average Bonchev–Trinajstić information content (AvgIpc) is 3.66. The molecule has 16 heteroatoms. The summed E-state index contributed by atoms with van der Waals surface area (Å²) in [5.74, 6) is -2.11. The molecule has 60 heavy (non-hydrogen) atoms. The van der Waals surface area contributed by atoms with Crippen molar-refractivity contribution in [1.29, 1.82) is 0 Å². The minimum absolute atomic E-state index is 0.00472. The first-order valence-corrected chi connectivity index (χ1v) is 22.7. The minimum Gasteiger partial charge on any atom is -0.393 e. The second-order valence-electron chi connectivity index (χ2n) is 20.9. The van der Waals surface area contributed by atoms with E-state index < -0.39 is 115 Å². The number of hydrogen-bond donors (Lipinski definition) is 9. The molecule has 0 bridgehead atoms. The van der Waals surface area contributed by atoms with Crippen LogP contribution in [0.25, 0.3) is 0 Å². The molecule has 0 aromatic carbocycles. The first-order chi connectivity index (χ1) is 28.3. The number of fused-ring (bicyclic) bond motifs is 7. The molecular formula is C44H70O16. The topological polar surface area (TPSA) is 247 Å². The quantitative estimate of drug-likeness (QED) is 0.170. The summed E-state index contributed by atoms with van der Waals surface area (Å²) >= 11 is 0. The van der Waals surface area contributed by atoms with Crippen LogP contribution >= 0.6 is 0 Å². The Balaban J connectivity index is 1.12. The van der Waals surface area contributed by atoms with Gasteiger partial charge >= 0.3 is 0 Å². The maximum absolute atomic E-state index is 12.2. The summed E-state index contributed by atoms with van der Waals surface area (Å²) in [6, 6.07) is 0. The van der Waals surface area contributed by atoms with E-state index in [4.69, 9.17) is 33.2 Å². The van der Waals surface area contributed by atoms with E-state index in [-0.39, 0.29) is 35.7 Å². The van der Waals surface area contributed by atoms with Crippen LogP contribution in [0.3, 0.4) is 0 Å². The summed E-state index contributed by atoms with van der Waals surface area (Å²) in [6.07, 6.45) is -13.2. The van der Waals surface area contributed by atoms with Gasteiger partial charge in [0.1, 0.15) is 54.9 Å². The molecule has 16 nitrogen and oxygen atoms in total. The van der Waals surface area contributed by atoms with Crippen LogP contribution in [0.4, 0.5) is 0 Å². The second kappa shape index (κ2) is 15.6. The number of rotatable bonds is 5. The van der Waals surface area contributed by atoms with Gasteiger partial charge in [-0.2, -0.15) is 0 Å². The van der Waals surface area contributed by atoms with E-state index in [0.29, 0.717) is 30.8 Å². The molecule has 9 aliphatic rings. The first-order valence-electron chi connectivity index (χ1n) is 22.7. The lowest BCUT2D eigenvalue weighted by Crippen LogP contribution is -2.75. The maximum atomic E-state index is 12.2. The molecule has 9 rings (SSSR count). The average molecular weight is 855 g/mol. The molecule has 0 aromatic rings. The van der Waals surface area contributed by atoms with Crippen LogP contribution in [0.1, 0.15) is 92.9 Å². The standard InChI is InChI=1S/C44H70O16/c1-18-9-12-43(55-16-18)19(2)30-28(59-43)15-26-24-8-7-22-13-23(45)14-29(42(22,6)25(24)10-11-41(26,30)5)44(60-39-36(52)33(49)27(46)17-54-39)38(35(51)32(48)21(4)58-44)57-40-37(53)34(50)31(47)20(3)56-40/h7,18-21,23-40,45-53H,8-17H2,1-6H3/t18-,19+,20+,21-,23-,24-,25+,26-,27-,28+,29-,30+,31+,32+,33+,34-,35-,36-,37-,38-,39+,40+,41+,42+,43-,44+/m1/s1. The molecular weight excluding hydrogens is 784 g/mol. The van der Waals surface area contributed by atoms with E-state index >= 15 is 0 Å². The summed E-state index contributed by atoms with van der Waals surface area (Å²) in [6.45, 7) is 12.5. The monoisotopic (exact) mass is 854 g/mol. The van der Waals surface area contributed by atoms with Crippen molar-refractivity contribution in [1.82, 2.24) is 0 Å². The SMILES string of the molecule is C[C@@H]1CC[C@@]2(OC1)O[C@H]1C[C@@H]3[C@@H]4CC=C5C[C@@H](O)C[C@@H]([C@@]6(O[C@@H]7OC[C@@H](O)[C@H](O)[C@H]7O)O[C@H](C)[C@H](O)[C@@H](O)[C@H]6O[C@@H]6O[C@@H](C)[C@H](O)[C@@H](O)[C@H]6O)[C@]5(C)[C@H]4CC[C@]3(C)[C@H]1[C@@H]2C.